The summed E-state index contributed by atoms with van der Waals surface area (Å²) in [6.45, 7) is 1.97. The van der Waals surface area contributed by atoms with E-state index in [1.54, 1.807) is 18.0 Å². The second-order valence-corrected chi connectivity index (χ2v) is 6.00. The molecule has 1 unspecified atom stereocenters. The van der Waals surface area contributed by atoms with Crippen LogP contribution in [0.5, 0.6) is 0 Å². The fourth-order valence-electron chi connectivity index (χ4n) is 2.44. The van der Waals surface area contributed by atoms with Gasteiger partial charge in [-0.3, -0.25) is 10.1 Å². The Morgan fingerprint density at radius 3 is 3.05 bits per heavy atom. The molecule has 0 aromatic carbocycles. The Balaban J connectivity index is 1.65. The molecule has 110 valence electrons. The second-order valence-electron chi connectivity index (χ2n) is 5.01. The molecule has 1 aliphatic heterocycles. The molecule has 0 spiro atoms. The van der Waals surface area contributed by atoms with Crippen LogP contribution in [-0.4, -0.2) is 25.0 Å². The first-order chi connectivity index (χ1) is 10.8. The molecule has 6 nitrogen and oxygen atoms in total. The molecule has 4 rings (SSSR count). The Kier molecular flexibility index (Phi) is 3.19. The lowest BCUT2D eigenvalue weighted by Gasteiger charge is -2.21. The molecule has 1 atom stereocenters. The molecule has 0 saturated heterocycles. The first-order valence-electron chi connectivity index (χ1n) is 6.88. The minimum Gasteiger partial charge on any atom is -0.328 e. The third-order valence-corrected chi connectivity index (χ3v) is 4.53. The van der Waals surface area contributed by atoms with Gasteiger partial charge in [-0.05, 0) is 24.5 Å². The Hall–Kier alpha value is -2.54. The smallest absolute Gasteiger partial charge is 0.112 e. The zero-order valence-electron chi connectivity index (χ0n) is 11.9. The van der Waals surface area contributed by atoms with E-state index in [2.05, 4.69) is 36.8 Å². The number of aromatic amines is 1. The van der Waals surface area contributed by atoms with Gasteiger partial charge in [0.25, 0.3) is 0 Å². The van der Waals surface area contributed by atoms with Crippen LogP contribution < -0.4 is 4.90 Å². The molecular formula is C15H14N6S. The molecule has 0 fully saturated rings. The zero-order chi connectivity index (χ0) is 14.9. The van der Waals surface area contributed by atoms with Crippen molar-refractivity contribution >= 4 is 17.4 Å². The molecule has 3 aromatic heterocycles. The number of H-pyrrole nitrogens is 1. The molecule has 0 radical (unpaired) electrons. The second kappa shape index (κ2) is 5.34. The Morgan fingerprint density at radius 2 is 2.23 bits per heavy atom. The van der Waals surface area contributed by atoms with Crippen molar-refractivity contribution in [2.24, 2.45) is 0 Å². The molecule has 1 aliphatic rings. The zero-order valence-corrected chi connectivity index (χ0v) is 12.7. The highest BCUT2D eigenvalue weighted by atomic mass is 32.2. The summed E-state index contributed by atoms with van der Waals surface area (Å²) in [7, 11) is 0. The average Bonchev–Trinajstić information content (AvgIpc) is 3.27. The van der Waals surface area contributed by atoms with Gasteiger partial charge in [-0.1, -0.05) is 0 Å². The van der Waals surface area contributed by atoms with Crippen molar-refractivity contribution in [3.8, 4) is 5.69 Å². The van der Waals surface area contributed by atoms with Gasteiger partial charge >= 0.3 is 0 Å². The van der Waals surface area contributed by atoms with Gasteiger partial charge in [0.05, 0.1) is 30.0 Å². The van der Waals surface area contributed by atoms with Gasteiger partial charge in [-0.25, -0.2) is 4.68 Å². The quantitative estimate of drug-likeness (QED) is 0.805. The Bertz CT molecular complexity index is 807. The van der Waals surface area contributed by atoms with Crippen LogP contribution in [0.3, 0.4) is 0 Å². The lowest BCUT2D eigenvalue weighted by atomic mass is 10.3. The third-order valence-electron chi connectivity index (χ3n) is 3.50. The number of nitrogens with one attached hydrogen (secondary N) is 1. The predicted octanol–water partition coefficient (Wildman–Crippen LogP) is 3.02. The predicted molar refractivity (Wildman–Crippen MR) is 86.6 cm³/mol. The van der Waals surface area contributed by atoms with E-state index in [4.69, 9.17) is 0 Å². The highest BCUT2D eigenvalue weighted by Gasteiger charge is 2.25. The number of hydrogen-bond acceptors (Lipinski definition) is 5. The van der Waals surface area contributed by atoms with Crippen molar-refractivity contribution in [2.75, 3.05) is 4.90 Å². The van der Waals surface area contributed by atoms with Crippen molar-refractivity contribution < 1.29 is 0 Å². The first kappa shape index (κ1) is 13.1. The number of aromatic nitrogens is 5. The minimum atomic E-state index is 0.190. The number of hydrogen-bond donors (Lipinski definition) is 1. The maximum absolute atomic E-state index is 4.47. The molecule has 7 heteroatoms. The standard InChI is InChI=1S/C15H14N6S/c1-11-6-13(2-3-16-11)21-10-14(9-19-21)20-4-5-22-15(20)12-7-17-18-8-12/h2-10,15H,1H3,(H,17,18). The SMILES string of the molecule is Cc1cc(-n2cc(N3C=CSC3c3cn[nH]c3)cn2)ccn1. The molecular weight excluding hydrogens is 296 g/mol. The van der Waals surface area contributed by atoms with Gasteiger partial charge in [-0.15, -0.1) is 11.8 Å². The van der Waals surface area contributed by atoms with Crippen molar-refractivity contribution in [2.45, 2.75) is 12.3 Å². The van der Waals surface area contributed by atoms with E-state index in [-0.39, 0.29) is 5.37 Å². The Labute approximate surface area is 131 Å². The molecule has 0 amide bonds. The highest BCUT2D eigenvalue weighted by Crippen LogP contribution is 2.41. The third kappa shape index (κ3) is 2.29. The van der Waals surface area contributed by atoms with Crippen LogP contribution in [-0.2, 0) is 0 Å². The lowest BCUT2D eigenvalue weighted by Crippen LogP contribution is -2.15. The number of pyridine rings is 1. The van der Waals surface area contributed by atoms with Crippen LogP contribution in [0.1, 0.15) is 16.6 Å². The molecule has 22 heavy (non-hydrogen) atoms. The Morgan fingerprint density at radius 1 is 1.27 bits per heavy atom. The average molecular weight is 310 g/mol. The van der Waals surface area contributed by atoms with E-state index >= 15 is 0 Å². The minimum absolute atomic E-state index is 0.190. The molecule has 0 saturated carbocycles. The summed E-state index contributed by atoms with van der Waals surface area (Å²) in [5, 5.41) is 13.7. The molecule has 0 aliphatic carbocycles. The highest BCUT2D eigenvalue weighted by molar-refractivity contribution is 8.02. The van der Waals surface area contributed by atoms with Crippen LogP contribution >= 0.6 is 11.8 Å². The summed E-state index contributed by atoms with van der Waals surface area (Å²) in [6, 6.07) is 3.96. The van der Waals surface area contributed by atoms with Gasteiger partial charge in [0.2, 0.25) is 0 Å². The van der Waals surface area contributed by atoms with Crippen LogP contribution in [0.4, 0.5) is 5.69 Å². The monoisotopic (exact) mass is 310 g/mol. The molecule has 3 aromatic rings. The largest absolute Gasteiger partial charge is 0.328 e. The summed E-state index contributed by atoms with van der Waals surface area (Å²) >= 11 is 1.75. The first-order valence-corrected chi connectivity index (χ1v) is 7.82. The molecule has 0 bridgehead atoms. The summed E-state index contributed by atoms with van der Waals surface area (Å²) in [6.07, 6.45) is 11.5. The number of aryl methyl sites for hydroxylation is 1. The van der Waals surface area contributed by atoms with Crippen LogP contribution in [0.2, 0.25) is 0 Å². The van der Waals surface area contributed by atoms with Gasteiger partial charge in [0.15, 0.2) is 0 Å². The summed E-state index contributed by atoms with van der Waals surface area (Å²) in [5.41, 5.74) is 4.17. The maximum Gasteiger partial charge on any atom is 0.112 e. The molecule has 1 N–H and O–H groups in total. The fraction of sp³-hybridized carbons (Fsp3) is 0.133. The topological polar surface area (TPSA) is 62.6 Å². The van der Waals surface area contributed by atoms with Crippen molar-refractivity contribution in [3.63, 3.8) is 0 Å². The van der Waals surface area contributed by atoms with Gasteiger partial charge in [-0.2, -0.15) is 10.2 Å². The van der Waals surface area contributed by atoms with Gasteiger partial charge in [0.1, 0.15) is 5.37 Å². The van der Waals surface area contributed by atoms with E-state index in [1.165, 1.54) is 0 Å². The lowest BCUT2D eigenvalue weighted by molar-refractivity contribution is 0.874. The molecule has 4 heterocycles. The summed E-state index contributed by atoms with van der Waals surface area (Å²) in [5.74, 6) is 0. The number of thioether (sulfide) groups is 1. The number of nitrogens with zero attached hydrogens (tertiary/aromatic N) is 5. The van der Waals surface area contributed by atoms with E-state index in [9.17, 15) is 0 Å². The normalized spacial score (nSPS) is 17.3. The van der Waals surface area contributed by atoms with Crippen molar-refractivity contribution in [1.29, 1.82) is 0 Å². The van der Waals surface area contributed by atoms with E-state index in [0.29, 0.717) is 0 Å². The van der Waals surface area contributed by atoms with E-state index < -0.39 is 0 Å². The summed E-state index contributed by atoms with van der Waals surface area (Å²) in [4.78, 5) is 6.41. The van der Waals surface area contributed by atoms with Gasteiger partial charge < -0.3 is 4.90 Å². The summed E-state index contributed by atoms with van der Waals surface area (Å²) < 4.78 is 1.87. The van der Waals surface area contributed by atoms with E-state index in [1.807, 2.05) is 48.5 Å². The number of rotatable bonds is 3. The maximum atomic E-state index is 4.47. The van der Waals surface area contributed by atoms with Crippen LogP contribution in [0.15, 0.2) is 54.7 Å². The van der Waals surface area contributed by atoms with Crippen molar-refractivity contribution in [3.05, 3.63) is 66.0 Å². The number of anilines is 1. The van der Waals surface area contributed by atoms with Gasteiger partial charge in [0, 0.05) is 29.9 Å². The van der Waals surface area contributed by atoms with Crippen LogP contribution in [0, 0.1) is 6.92 Å². The fourth-order valence-corrected chi connectivity index (χ4v) is 3.40. The van der Waals surface area contributed by atoms with E-state index in [0.717, 1.165) is 22.6 Å². The van der Waals surface area contributed by atoms with Crippen LogP contribution in [0.25, 0.3) is 5.69 Å². The van der Waals surface area contributed by atoms with Crippen molar-refractivity contribution in [1.82, 2.24) is 25.0 Å².